The van der Waals surface area contributed by atoms with E-state index in [0.29, 0.717) is 0 Å². The van der Waals surface area contributed by atoms with Crippen LogP contribution in [0, 0.1) is 0 Å². The first-order valence-electron chi connectivity index (χ1n) is 9.01. The van der Waals surface area contributed by atoms with Crippen molar-refractivity contribution < 1.29 is 13.0 Å². The van der Waals surface area contributed by atoms with Crippen molar-refractivity contribution in [1.29, 1.82) is 0 Å². The summed E-state index contributed by atoms with van der Waals surface area (Å²) in [6.07, 6.45) is -0.886. The fraction of sp³-hybridized carbons (Fsp3) is 0.381. The number of hydrogen-bond donors (Lipinski definition) is 1. The molecule has 1 heterocycles. The van der Waals surface area contributed by atoms with Gasteiger partial charge >= 0.3 is 169 Å². The number of halogens is 1. The molecule has 1 atom stereocenters. The number of alkyl halides is 2. The van der Waals surface area contributed by atoms with Crippen molar-refractivity contribution in [1.82, 2.24) is 4.90 Å². The van der Waals surface area contributed by atoms with E-state index in [1.165, 1.54) is 0 Å². The van der Waals surface area contributed by atoms with E-state index < -0.39 is 26.6 Å². The van der Waals surface area contributed by atoms with E-state index in [0.717, 1.165) is 32.4 Å². The second kappa shape index (κ2) is 9.14. The molecule has 2 aromatic rings. The Morgan fingerprint density at radius 1 is 1.04 bits per heavy atom. The van der Waals surface area contributed by atoms with Crippen LogP contribution < -0.4 is 0 Å². The van der Waals surface area contributed by atoms with Gasteiger partial charge in [0.15, 0.2) is 0 Å². The van der Waals surface area contributed by atoms with E-state index in [4.69, 9.17) is 7.90 Å². The molecule has 1 fully saturated rings. The fourth-order valence-electron chi connectivity index (χ4n) is 2.66. The van der Waals surface area contributed by atoms with Crippen LogP contribution in [-0.4, -0.2) is 43.3 Å². The number of aliphatic hydroxyl groups excluding tert-OH is 1. The van der Waals surface area contributed by atoms with E-state index in [1.54, 1.807) is 0 Å². The van der Waals surface area contributed by atoms with Crippen LogP contribution in [-0.2, 0) is 7.90 Å². The van der Waals surface area contributed by atoms with E-state index in [9.17, 15) is 5.11 Å². The van der Waals surface area contributed by atoms with Crippen molar-refractivity contribution in [3.05, 3.63) is 71.8 Å². The van der Waals surface area contributed by atoms with Crippen molar-refractivity contribution in [3.63, 3.8) is 0 Å². The van der Waals surface area contributed by atoms with Gasteiger partial charge in [0.2, 0.25) is 0 Å². The van der Waals surface area contributed by atoms with E-state index in [-0.39, 0.29) is 5.60 Å². The van der Waals surface area contributed by atoms with Crippen LogP contribution in [0.2, 0.25) is 0 Å². The van der Waals surface area contributed by atoms with Gasteiger partial charge in [0.25, 0.3) is 0 Å². The van der Waals surface area contributed by atoms with E-state index >= 15 is 0 Å². The average Bonchev–Trinajstić information content (AvgIpc) is 3.12. The van der Waals surface area contributed by atoms with Gasteiger partial charge in [0.1, 0.15) is 0 Å². The quantitative estimate of drug-likeness (QED) is 0.167. The van der Waals surface area contributed by atoms with Crippen LogP contribution in [0.1, 0.15) is 31.9 Å². The van der Waals surface area contributed by atoms with Crippen LogP contribution in [0.15, 0.2) is 65.8 Å². The molecule has 0 spiro atoms. The second-order valence-corrected chi connectivity index (χ2v) is 11.8. The number of rotatable bonds is 6. The zero-order valence-electron chi connectivity index (χ0n) is 16.0. The summed E-state index contributed by atoms with van der Waals surface area (Å²) in [6.45, 7) is 6.60. The fourth-order valence-corrected chi connectivity index (χ4v) is 6.61. The van der Waals surface area contributed by atoms with Crippen molar-refractivity contribution in [2.75, 3.05) is 15.5 Å². The predicted octanol–water partition coefficient (Wildman–Crippen LogP) is 4.24. The van der Waals surface area contributed by atoms with Crippen molar-refractivity contribution in [2.45, 2.75) is 32.8 Å². The van der Waals surface area contributed by atoms with E-state index in [2.05, 4.69) is 5.16 Å². The summed E-state index contributed by atoms with van der Waals surface area (Å²) in [5.41, 5.74) is 2.53. The third-order valence-electron chi connectivity index (χ3n) is 3.96. The van der Waals surface area contributed by atoms with Crippen LogP contribution in [0.3, 0.4) is 0 Å². The molecule has 1 aliphatic heterocycles. The normalized spacial score (nSPS) is 17.6. The molecule has 0 saturated carbocycles. The minimum absolute atomic E-state index is 0.381. The predicted molar refractivity (Wildman–Crippen MR) is 117 cm³/mol. The first kappa shape index (κ1) is 20.3. The molecule has 0 amide bonds. The molecule has 0 radical (unpaired) electrons. The Hall–Kier alpha value is -1.48. The third-order valence-corrected chi connectivity index (χ3v) is 8.04. The number of aliphatic hydroxyl groups is 1. The molecule has 1 N–H and O–H groups in total. The minimum atomic E-state index is -1.76. The molecule has 6 heteroatoms. The van der Waals surface area contributed by atoms with Crippen molar-refractivity contribution in [2.24, 2.45) is 5.16 Å². The topological polar surface area (TPSA) is 54.3 Å². The van der Waals surface area contributed by atoms with Gasteiger partial charge < -0.3 is 0 Å². The first-order chi connectivity index (χ1) is 12.9. The zero-order valence-corrected chi connectivity index (χ0v) is 18.2. The monoisotopic (exact) mass is 482 g/mol. The van der Waals surface area contributed by atoms with Gasteiger partial charge in [0.05, 0.1) is 0 Å². The van der Waals surface area contributed by atoms with Crippen molar-refractivity contribution in [3.8, 4) is 0 Å². The molecule has 2 aromatic carbocycles. The molecule has 146 valence electrons. The van der Waals surface area contributed by atoms with Crippen LogP contribution in [0.5, 0.6) is 0 Å². The number of ether oxygens (including phenoxy) is 1. The summed E-state index contributed by atoms with van der Waals surface area (Å²) in [5.74, 6) is 0. The third kappa shape index (κ3) is 6.00. The summed E-state index contributed by atoms with van der Waals surface area (Å²) < 4.78 is 13.4. The molecule has 0 bridgehead atoms. The number of nitrogens with zero attached hydrogens (tertiary/aromatic N) is 2. The summed E-state index contributed by atoms with van der Waals surface area (Å²) in [6, 6.07) is 20.2. The van der Waals surface area contributed by atoms with Crippen LogP contribution in [0.25, 0.3) is 0 Å². The Bertz CT molecular complexity index is 706. The Labute approximate surface area is 168 Å². The Balaban J connectivity index is 1.69. The van der Waals surface area contributed by atoms with Gasteiger partial charge in [0, 0.05) is 0 Å². The summed E-state index contributed by atoms with van der Waals surface area (Å²) in [7, 11) is 0. The Morgan fingerprint density at radius 3 is 2.11 bits per heavy atom. The summed E-state index contributed by atoms with van der Waals surface area (Å²) in [4.78, 5) is 1.94. The maximum absolute atomic E-state index is 10.3. The number of hydrogen-bond acceptors (Lipinski definition) is 5. The second-order valence-electron chi connectivity index (χ2n) is 7.33. The van der Waals surface area contributed by atoms with Crippen molar-refractivity contribution >= 4 is 25.9 Å². The van der Waals surface area contributed by atoms with Gasteiger partial charge in [-0.15, -0.1) is 0 Å². The molecule has 3 rings (SSSR count). The molecule has 0 aliphatic carbocycles. The standard InChI is InChI=1S/C21H27IN2O3/c1-21(2,3)26-20(25)24-15-14-22(16-24)27-23-19(17-10-6-4-7-11-17)18-12-8-5-9-13-18/h4-13,20,25H,14-16H2,1-3H3. The molecule has 0 aromatic heterocycles. The molecular formula is C21H27IN2O3. The summed E-state index contributed by atoms with van der Waals surface area (Å²) in [5, 5.41) is 14.8. The molecule has 1 unspecified atom stereocenters. The molecule has 5 nitrogen and oxygen atoms in total. The average molecular weight is 482 g/mol. The van der Waals surface area contributed by atoms with Crippen LogP contribution in [0.4, 0.5) is 0 Å². The summed E-state index contributed by atoms with van der Waals surface area (Å²) >= 11 is -1.76. The molecule has 1 saturated heterocycles. The Kier molecular flexibility index (Phi) is 6.86. The van der Waals surface area contributed by atoms with Gasteiger partial charge in [-0.05, 0) is 0 Å². The maximum atomic E-state index is 10.3. The van der Waals surface area contributed by atoms with Gasteiger partial charge in [-0.1, -0.05) is 0 Å². The van der Waals surface area contributed by atoms with Gasteiger partial charge in [-0.3, -0.25) is 0 Å². The van der Waals surface area contributed by atoms with E-state index in [1.807, 2.05) is 86.3 Å². The van der Waals surface area contributed by atoms with Crippen LogP contribution >= 0.6 is 20.2 Å². The SMILES string of the molecule is CC(C)(C)OC(O)N1CCI(ON=C(c2ccccc2)c2ccccc2)C1. The Morgan fingerprint density at radius 2 is 1.59 bits per heavy atom. The van der Waals surface area contributed by atoms with Gasteiger partial charge in [-0.2, -0.15) is 0 Å². The molecule has 1 aliphatic rings. The molecular weight excluding hydrogens is 455 g/mol. The first-order valence-corrected chi connectivity index (χ1v) is 12.9. The number of oxime groups is 1. The zero-order chi connectivity index (χ0) is 19.3. The van der Waals surface area contributed by atoms with Gasteiger partial charge in [-0.25, -0.2) is 0 Å². The molecule has 27 heavy (non-hydrogen) atoms. The number of benzene rings is 2.